The molecule has 4 aromatic rings. The topological polar surface area (TPSA) is 131 Å². The number of anilines is 2. The van der Waals surface area contributed by atoms with Crippen LogP contribution in [0.25, 0.3) is 11.3 Å². The van der Waals surface area contributed by atoms with Gasteiger partial charge in [-0.2, -0.15) is 9.78 Å². The summed E-state index contributed by atoms with van der Waals surface area (Å²) in [5.41, 5.74) is 2.72. The molecule has 1 atom stereocenters. The molecule has 1 aliphatic heterocycles. The number of hydrogen-bond acceptors (Lipinski definition) is 8. The van der Waals surface area contributed by atoms with E-state index in [1.54, 1.807) is 22.9 Å². The predicted octanol–water partition coefficient (Wildman–Crippen LogP) is 2.22. The Hall–Kier alpha value is -4.21. The molecule has 10 heteroatoms. The summed E-state index contributed by atoms with van der Waals surface area (Å²) in [6.45, 7) is 2.23. The number of nitrogens with zero attached hydrogens (tertiary/aromatic N) is 5. The van der Waals surface area contributed by atoms with E-state index in [1.807, 2.05) is 37.3 Å². The molecule has 0 fully saturated rings. The van der Waals surface area contributed by atoms with E-state index in [-0.39, 0.29) is 11.3 Å². The van der Waals surface area contributed by atoms with E-state index in [4.69, 9.17) is 4.74 Å². The highest BCUT2D eigenvalue weighted by Gasteiger charge is 2.34. The molecule has 0 amide bonds. The lowest BCUT2D eigenvalue weighted by Crippen LogP contribution is -2.29. The number of phenols is 1. The molecular weight excluding hydrogens is 386 g/mol. The number of aromatic amines is 1. The fourth-order valence-electron chi connectivity index (χ4n) is 3.63. The van der Waals surface area contributed by atoms with Crippen molar-refractivity contribution >= 4 is 11.6 Å². The van der Waals surface area contributed by atoms with E-state index in [2.05, 4.69) is 31.0 Å². The van der Waals surface area contributed by atoms with Gasteiger partial charge in [-0.05, 0) is 35.0 Å². The highest BCUT2D eigenvalue weighted by Crippen LogP contribution is 2.42. The van der Waals surface area contributed by atoms with E-state index in [9.17, 15) is 9.90 Å². The van der Waals surface area contributed by atoms with Gasteiger partial charge in [0.05, 0.1) is 12.3 Å². The molecule has 0 spiro atoms. The lowest BCUT2D eigenvalue weighted by molar-refractivity contribution is 0.317. The Morgan fingerprint density at radius 3 is 2.83 bits per heavy atom. The van der Waals surface area contributed by atoms with Gasteiger partial charge in [-0.15, -0.1) is 0 Å². The quantitative estimate of drug-likeness (QED) is 0.416. The molecule has 30 heavy (non-hydrogen) atoms. The number of rotatable bonds is 4. The third-order valence-electron chi connectivity index (χ3n) is 4.92. The minimum absolute atomic E-state index is 0.0269. The van der Waals surface area contributed by atoms with Crippen molar-refractivity contribution in [2.75, 3.05) is 11.9 Å². The monoisotopic (exact) mass is 403 g/mol. The number of phenolic OH excluding ortho intramolecular Hbond substituents is 1. The van der Waals surface area contributed by atoms with Gasteiger partial charge >= 0.3 is 0 Å². The van der Waals surface area contributed by atoms with Gasteiger partial charge in [-0.1, -0.05) is 41.5 Å². The average Bonchev–Trinajstić information content (AvgIpc) is 3.24. The summed E-state index contributed by atoms with van der Waals surface area (Å²) >= 11 is 0. The lowest BCUT2D eigenvalue weighted by atomic mass is 9.92. The number of nitrogens with one attached hydrogen (secondary N) is 2. The summed E-state index contributed by atoms with van der Waals surface area (Å²) in [6.07, 6.45) is 0. The largest absolute Gasteiger partial charge is 0.504 e. The molecule has 5 rings (SSSR count). The van der Waals surface area contributed by atoms with Crippen molar-refractivity contribution in [2.45, 2.75) is 13.0 Å². The van der Waals surface area contributed by atoms with E-state index >= 15 is 0 Å². The van der Waals surface area contributed by atoms with Gasteiger partial charge in [-0.3, -0.25) is 4.79 Å². The van der Waals surface area contributed by atoms with Crippen molar-refractivity contribution in [1.82, 2.24) is 30.4 Å². The summed E-state index contributed by atoms with van der Waals surface area (Å²) in [7, 11) is 0. The van der Waals surface area contributed by atoms with Crippen LogP contribution in [-0.4, -0.2) is 42.1 Å². The molecule has 10 nitrogen and oxygen atoms in total. The van der Waals surface area contributed by atoms with Crippen LogP contribution in [0.4, 0.5) is 11.6 Å². The maximum Gasteiger partial charge on any atom is 0.288 e. The van der Waals surface area contributed by atoms with Crippen molar-refractivity contribution in [2.24, 2.45) is 0 Å². The summed E-state index contributed by atoms with van der Waals surface area (Å²) < 4.78 is 7.14. The van der Waals surface area contributed by atoms with E-state index in [0.717, 1.165) is 11.1 Å². The zero-order valence-corrected chi connectivity index (χ0v) is 15.9. The fourth-order valence-corrected chi connectivity index (χ4v) is 3.63. The average molecular weight is 403 g/mol. The van der Waals surface area contributed by atoms with Gasteiger partial charge in [0.25, 0.3) is 5.56 Å². The van der Waals surface area contributed by atoms with Crippen LogP contribution >= 0.6 is 0 Å². The second-order valence-electron chi connectivity index (χ2n) is 6.69. The first-order valence-electron chi connectivity index (χ1n) is 9.36. The normalized spacial score (nSPS) is 14.5. The minimum atomic E-state index is -0.559. The van der Waals surface area contributed by atoms with Crippen molar-refractivity contribution in [3.8, 4) is 22.8 Å². The third-order valence-corrected chi connectivity index (χ3v) is 4.92. The third kappa shape index (κ3) is 2.77. The summed E-state index contributed by atoms with van der Waals surface area (Å²) in [4.78, 5) is 12.7. The molecule has 3 heterocycles. The van der Waals surface area contributed by atoms with Crippen molar-refractivity contribution in [1.29, 1.82) is 0 Å². The van der Waals surface area contributed by atoms with Crippen LogP contribution in [0, 0.1) is 0 Å². The molecule has 0 bridgehead atoms. The first-order valence-corrected chi connectivity index (χ1v) is 9.36. The summed E-state index contributed by atoms with van der Waals surface area (Å²) in [5.74, 6) is 0.692. The molecule has 0 aliphatic carbocycles. The second kappa shape index (κ2) is 6.99. The highest BCUT2D eigenvalue weighted by molar-refractivity contribution is 5.75. The Morgan fingerprint density at radius 1 is 1.20 bits per heavy atom. The summed E-state index contributed by atoms with van der Waals surface area (Å²) in [6, 6.07) is 14.0. The van der Waals surface area contributed by atoms with Crippen LogP contribution in [0.2, 0.25) is 0 Å². The smallest absolute Gasteiger partial charge is 0.288 e. The number of aromatic hydroxyl groups is 1. The maximum absolute atomic E-state index is 12.7. The van der Waals surface area contributed by atoms with Crippen LogP contribution < -0.4 is 15.6 Å². The molecule has 0 saturated heterocycles. The first-order chi connectivity index (χ1) is 14.7. The van der Waals surface area contributed by atoms with E-state index < -0.39 is 6.04 Å². The highest BCUT2D eigenvalue weighted by atomic mass is 16.5. The van der Waals surface area contributed by atoms with Crippen molar-refractivity contribution < 1.29 is 9.84 Å². The molecule has 0 radical (unpaired) electrons. The molecule has 1 aliphatic rings. The van der Waals surface area contributed by atoms with Crippen LogP contribution in [0.15, 0.2) is 53.3 Å². The Labute approximate surface area is 170 Å². The molecule has 0 unspecified atom stereocenters. The Balaban J connectivity index is 1.79. The zero-order valence-electron chi connectivity index (χ0n) is 15.9. The number of ether oxygens (including phenoxy) is 1. The van der Waals surface area contributed by atoms with Gasteiger partial charge in [0.2, 0.25) is 5.95 Å². The van der Waals surface area contributed by atoms with Crippen LogP contribution in [0.1, 0.15) is 24.1 Å². The number of benzene rings is 2. The number of hydrogen-bond donors (Lipinski definition) is 3. The standard InChI is InChI=1S/C20H17N7O3/c1-2-30-14-10-12(8-9-13(14)28)18-15-16(11-6-4-3-5-7-11)22-23-19(29)17(15)21-20-24-25-26-27(18)20/h3-10,18,28H,2H2,1H3,(H,23,29)(H,21,24,26)/t18-/m0/s1. The molecule has 0 saturated carbocycles. The molecule has 150 valence electrons. The number of H-pyrrole nitrogens is 1. The molecular formula is C20H17N7O3. The van der Waals surface area contributed by atoms with Gasteiger partial charge in [0.15, 0.2) is 11.5 Å². The van der Waals surface area contributed by atoms with Gasteiger partial charge in [0, 0.05) is 11.1 Å². The molecule has 3 N–H and O–H groups in total. The predicted molar refractivity (Wildman–Crippen MR) is 108 cm³/mol. The lowest BCUT2D eigenvalue weighted by Gasteiger charge is -2.28. The second-order valence-corrected chi connectivity index (χ2v) is 6.69. The van der Waals surface area contributed by atoms with Crippen LogP contribution in [0.5, 0.6) is 11.5 Å². The summed E-state index contributed by atoms with van der Waals surface area (Å²) in [5, 5.41) is 31.9. The SMILES string of the molecule is CCOc1cc([C@H]2c3c(-c4ccccc4)n[nH]c(=O)c3Nc3nnnn32)ccc1O. The number of aromatic nitrogens is 6. The van der Waals surface area contributed by atoms with Crippen LogP contribution in [0.3, 0.4) is 0 Å². The first kappa shape index (κ1) is 17.9. The maximum atomic E-state index is 12.7. The van der Waals surface area contributed by atoms with Crippen molar-refractivity contribution in [3.05, 3.63) is 70.0 Å². The molecule has 2 aromatic carbocycles. The molecule has 2 aromatic heterocycles. The fraction of sp³-hybridized carbons (Fsp3) is 0.150. The zero-order chi connectivity index (χ0) is 20.7. The number of tetrazole rings is 1. The van der Waals surface area contributed by atoms with E-state index in [1.165, 1.54) is 0 Å². The van der Waals surface area contributed by atoms with Gasteiger partial charge in [-0.25, -0.2) is 5.10 Å². The van der Waals surface area contributed by atoms with E-state index in [0.29, 0.717) is 35.2 Å². The Bertz CT molecular complexity index is 1280. The van der Waals surface area contributed by atoms with Crippen LogP contribution in [-0.2, 0) is 0 Å². The van der Waals surface area contributed by atoms with Gasteiger partial charge < -0.3 is 15.2 Å². The Morgan fingerprint density at radius 2 is 2.03 bits per heavy atom. The number of fused-ring (bicyclic) bond motifs is 2. The minimum Gasteiger partial charge on any atom is -0.504 e. The Kier molecular flexibility index (Phi) is 4.16. The van der Waals surface area contributed by atoms with Gasteiger partial charge in [0.1, 0.15) is 11.7 Å². The van der Waals surface area contributed by atoms with Crippen molar-refractivity contribution in [3.63, 3.8) is 0 Å².